The highest BCUT2D eigenvalue weighted by molar-refractivity contribution is 5.39. The first kappa shape index (κ1) is 21.0. The van der Waals surface area contributed by atoms with Gasteiger partial charge in [-0.2, -0.15) is 0 Å². The van der Waals surface area contributed by atoms with E-state index in [0.717, 1.165) is 0 Å². The topological polar surface area (TPSA) is 0 Å². The molecule has 0 nitrogen and oxygen atoms in total. The Labute approximate surface area is 166 Å². The molecule has 0 atom stereocenters. The van der Waals surface area contributed by atoms with Crippen LogP contribution in [0.3, 0.4) is 0 Å². The van der Waals surface area contributed by atoms with Gasteiger partial charge in [0.25, 0.3) is 0 Å². The summed E-state index contributed by atoms with van der Waals surface area (Å²) >= 11 is 0. The molecule has 0 unspecified atom stereocenters. The number of hydrogen-bond donors (Lipinski definition) is 0. The van der Waals surface area contributed by atoms with E-state index in [0.29, 0.717) is 0 Å². The van der Waals surface area contributed by atoms with Crippen molar-refractivity contribution in [2.24, 2.45) is 0 Å². The monoisotopic (exact) mass is 358 g/mol. The van der Waals surface area contributed by atoms with E-state index in [4.69, 9.17) is 0 Å². The Balaban J connectivity index is 0.000000223. The van der Waals surface area contributed by atoms with Gasteiger partial charge in [-0.25, -0.2) is 0 Å². The molecule has 0 saturated heterocycles. The van der Waals surface area contributed by atoms with Crippen LogP contribution in [0.5, 0.6) is 0 Å². The predicted molar refractivity (Wildman–Crippen MR) is 120 cm³/mol. The zero-order chi connectivity index (χ0) is 20.2. The fourth-order valence-electron chi connectivity index (χ4n) is 3.36. The van der Waals surface area contributed by atoms with E-state index < -0.39 is 0 Å². The van der Waals surface area contributed by atoms with Gasteiger partial charge in [0.15, 0.2) is 0 Å². The Morgan fingerprint density at radius 3 is 1.15 bits per heavy atom. The number of rotatable bonds is 2. The normalized spacial score (nSPS) is 11.0. The van der Waals surface area contributed by atoms with Gasteiger partial charge in [0.2, 0.25) is 0 Å². The Kier molecular flexibility index (Phi) is 6.65. The standard InChI is InChI=1S/C17H20.C10H14/c1-13-5-9-15(10-6-13)17(3,4)16-11-7-14(2)8-12-16;1-7-5-8(2)10(4)9(3)6-7/h5-12H,1-4H3;5-6H,1-4H3. The molecule has 0 aromatic heterocycles. The maximum absolute atomic E-state index is 2.28. The number of hydrogen-bond acceptors (Lipinski definition) is 0. The van der Waals surface area contributed by atoms with Gasteiger partial charge in [-0.15, -0.1) is 0 Å². The molecule has 0 amide bonds. The summed E-state index contributed by atoms with van der Waals surface area (Å²) in [6.45, 7) is 17.4. The first-order valence-corrected chi connectivity index (χ1v) is 9.80. The van der Waals surface area contributed by atoms with Crippen LogP contribution in [0.1, 0.15) is 58.4 Å². The highest BCUT2D eigenvalue weighted by atomic mass is 14.3. The summed E-state index contributed by atoms with van der Waals surface area (Å²) in [6, 6.07) is 22.1. The summed E-state index contributed by atoms with van der Waals surface area (Å²) in [5.74, 6) is 0. The Morgan fingerprint density at radius 2 is 0.815 bits per heavy atom. The van der Waals surface area contributed by atoms with Gasteiger partial charge >= 0.3 is 0 Å². The maximum atomic E-state index is 2.28. The summed E-state index contributed by atoms with van der Waals surface area (Å²) in [5, 5.41) is 0. The van der Waals surface area contributed by atoms with Crippen LogP contribution in [0.2, 0.25) is 0 Å². The second-order valence-electron chi connectivity index (χ2n) is 8.38. The van der Waals surface area contributed by atoms with Crippen molar-refractivity contribution in [2.75, 3.05) is 0 Å². The summed E-state index contributed by atoms with van der Waals surface area (Å²) in [5.41, 5.74) is 11.0. The lowest BCUT2D eigenvalue weighted by atomic mass is 9.78. The molecule has 27 heavy (non-hydrogen) atoms. The van der Waals surface area contributed by atoms with E-state index in [1.54, 1.807) is 0 Å². The van der Waals surface area contributed by atoms with Crippen LogP contribution < -0.4 is 0 Å². The quantitative estimate of drug-likeness (QED) is 0.443. The minimum absolute atomic E-state index is 0.0708. The summed E-state index contributed by atoms with van der Waals surface area (Å²) in [7, 11) is 0. The smallest absolute Gasteiger partial charge is 0.0146 e. The molecule has 0 bridgehead atoms. The van der Waals surface area contributed by atoms with Crippen molar-refractivity contribution in [1.82, 2.24) is 0 Å². The molecule has 3 aromatic carbocycles. The first-order chi connectivity index (χ1) is 12.6. The van der Waals surface area contributed by atoms with E-state index in [-0.39, 0.29) is 5.41 Å². The van der Waals surface area contributed by atoms with Crippen LogP contribution in [0, 0.1) is 41.5 Å². The van der Waals surface area contributed by atoms with Crippen molar-refractivity contribution < 1.29 is 0 Å². The van der Waals surface area contributed by atoms with Crippen molar-refractivity contribution in [1.29, 1.82) is 0 Å². The van der Waals surface area contributed by atoms with Crippen LogP contribution in [0.25, 0.3) is 0 Å². The molecule has 0 aliphatic carbocycles. The highest BCUT2D eigenvalue weighted by Crippen LogP contribution is 2.31. The van der Waals surface area contributed by atoms with Gasteiger partial charge in [0, 0.05) is 5.41 Å². The molecule has 0 spiro atoms. The first-order valence-electron chi connectivity index (χ1n) is 9.80. The fourth-order valence-corrected chi connectivity index (χ4v) is 3.36. The van der Waals surface area contributed by atoms with E-state index in [1.165, 1.54) is 44.5 Å². The third kappa shape index (κ3) is 5.32. The molecule has 0 heteroatoms. The van der Waals surface area contributed by atoms with Crippen LogP contribution in [0.15, 0.2) is 60.7 Å². The molecular formula is C27H34. The second kappa shape index (κ2) is 8.57. The van der Waals surface area contributed by atoms with Crippen LogP contribution in [-0.4, -0.2) is 0 Å². The summed E-state index contributed by atoms with van der Waals surface area (Å²) in [6.07, 6.45) is 0. The second-order valence-corrected chi connectivity index (χ2v) is 8.38. The van der Waals surface area contributed by atoms with Crippen molar-refractivity contribution in [2.45, 2.75) is 60.8 Å². The third-order valence-electron chi connectivity index (χ3n) is 5.62. The lowest BCUT2D eigenvalue weighted by molar-refractivity contribution is 0.640. The lowest BCUT2D eigenvalue weighted by Crippen LogP contribution is -2.18. The largest absolute Gasteiger partial charge is 0.0590 e. The van der Waals surface area contributed by atoms with E-state index in [1.807, 2.05) is 0 Å². The van der Waals surface area contributed by atoms with Gasteiger partial charge in [0.05, 0.1) is 0 Å². The van der Waals surface area contributed by atoms with Gasteiger partial charge in [-0.1, -0.05) is 91.2 Å². The van der Waals surface area contributed by atoms with Crippen molar-refractivity contribution in [3.05, 3.63) is 105 Å². The molecule has 0 radical (unpaired) electrons. The van der Waals surface area contributed by atoms with Gasteiger partial charge < -0.3 is 0 Å². The Morgan fingerprint density at radius 1 is 0.481 bits per heavy atom. The molecule has 0 aliphatic rings. The predicted octanol–water partition coefficient (Wildman–Crippen LogP) is 7.55. The van der Waals surface area contributed by atoms with E-state index in [2.05, 4.69) is 116 Å². The molecule has 0 heterocycles. The summed E-state index contributed by atoms with van der Waals surface area (Å²) < 4.78 is 0. The molecule has 0 N–H and O–H groups in total. The maximum Gasteiger partial charge on any atom is 0.0146 e. The average molecular weight is 359 g/mol. The highest BCUT2D eigenvalue weighted by Gasteiger charge is 2.22. The van der Waals surface area contributed by atoms with Gasteiger partial charge in [0.1, 0.15) is 0 Å². The van der Waals surface area contributed by atoms with Crippen LogP contribution in [0.4, 0.5) is 0 Å². The third-order valence-corrected chi connectivity index (χ3v) is 5.62. The molecule has 0 saturated carbocycles. The molecule has 142 valence electrons. The molecule has 0 fully saturated rings. The lowest BCUT2D eigenvalue weighted by Gasteiger charge is -2.26. The van der Waals surface area contributed by atoms with Gasteiger partial charge in [-0.3, -0.25) is 0 Å². The Hall–Kier alpha value is -2.34. The zero-order valence-corrected chi connectivity index (χ0v) is 18.3. The van der Waals surface area contributed by atoms with Crippen LogP contribution >= 0.6 is 0 Å². The minimum Gasteiger partial charge on any atom is -0.0590 e. The summed E-state index contributed by atoms with van der Waals surface area (Å²) in [4.78, 5) is 0. The van der Waals surface area contributed by atoms with E-state index >= 15 is 0 Å². The van der Waals surface area contributed by atoms with Crippen LogP contribution in [-0.2, 0) is 5.41 Å². The van der Waals surface area contributed by atoms with Crippen molar-refractivity contribution >= 4 is 0 Å². The number of aryl methyl sites for hydroxylation is 5. The molecule has 0 aliphatic heterocycles. The van der Waals surface area contributed by atoms with E-state index in [9.17, 15) is 0 Å². The molecule has 3 rings (SSSR count). The van der Waals surface area contributed by atoms with Crippen molar-refractivity contribution in [3.8, 4) is 0 Å². The fraction of sp³-hybridized carbons (Fsp3) is 0.333. The zero-order valence-electron chi connectivity index (χ0n) is 18.3. The molecule has 3 aromatic rings. The SMILES string of the molecule is Cc1cc(C)c(C)c(C)c1.Cc1ccc(C(C)(C)c2ccc(C)cc2)cc1. The average Bonchev–Trinajstić information content (AvgIpc) is 2.61. The Bertz CT molecular complexity index is 808. The number of benzene rings is 3. The molecular weight excluding hydrogens is 324 g/mol. The van der Waals surface area contributed by atoms with Gasteiger partial charge in [-0.05, 0) is 69.4 Å². The minimum atomic E-state index is 0.0708. The van der Waals surface area contributed by atoms with Crippen molar-refractivity contribution in [3.63, 3.8) is 0 Å².